The maximum Gasteiger partial charge on any atom is 0.101 e. The van der Waals surface area contributed by atoms with Crippen LogP contribution in [0, 0.1) is 23.2 Å². The molecule has 3 nitrogen and oxygen atoms in total. The Hall–Kier alpha value is -1.53. The average Bonchev–Trinajstić information content (AvgIpc) is 2.41. The van der Waals surface area contributed by atoms with Gasteiger partial charge >= 0.3 is 0 Å². The molecule has 2 unspecified atom stereocenters. The first-order chi connectivity index (χ1) is 8.65. The number of hydrogen-bond donors (Lipinski definition) is 1. The van der Waals surface area contributed by atoms with E-state index in [2.05, 4.69) is 24.8 Å². The first-order valence-corrected chi connectivity index (χ1v) is 6.54. The van der Waals surface area contributed by atoms with Gasteiger partial charge in [-0.25, -0.2) is 0 Å². The van der Waals surface area contributed by atoms with Crippen molar-refractivity contribution in [1.29, 1.82) is 5.26 Å². The van der Waals surface area contributed by atoms with Crippen LogP contribution in [0.25, 0.3) is 0 Å². The molecule has 1 aliphatic heterocycles. The normalized spacial score (nSPS) is 23.8. The van der Waals surface area contributed by atoms with Gasteiger partial charge < -0.3 is 10.0 Å². The largest absolute Gasteiger partial charge is 0.392 e. The van der Waals surface area contributed by atoms with E-state index in [1.54, 1.807) is 6.07 Å². The van der Waals surface area contributed by atoms with Crippen LogP contribution < -0.4 is 4.90 Å². The summed E-state index contributed by atoms with van der Waals surface area (Å²) in [7, 11) is 0. The van der Waals surface area contributed by atoms with Gasteiger partial charge in [-0.05, 0) is 36.0 Å². The van der Waals surface area contributed by atoms with Crippen molar-refractivity contribution in [3.05, 3.63) is 29.3 Å². The van der Waals surface area contributed by atoms with E-state index in [0.717, 1.165) is 30.3 Å². The molecule has 1 saturated heterocycles. The first kappa shape index (κ1) is 12.9. The smallest absolute Gasteiger partial charge is 0.101 e. The summed E-state index contributed by atoms with van der Waals surface area (Å²) < 4.78 is 0. The minimum atomic E-state index is -0.0115. The van der Waals surface area contributed by atoms with Gasteiger partial charge in [-0.1, -0.05) is 19.9 Å². The summed E-state index contributed by atoms with van der Waals surface area (Å²) in [4.78, 5) is 2.30. The summed E-state index contributed by atoms with van der Waals surface area (Å²) in [5.74, 6) is 1.41. The Labute approximate surface area is 109 Å². The maximum absolute atomic E-state index is 9.23. The number of nitrogens with zero attached hydrogens (tertiary/aromatic N) is 2. The third-order valence-electron chi connectivity index (χ3n) is 4.04. The Morgan fingerprint density at radius 1 is 1.39 bits per heavy atom. The highest BCUT2D eigenvalue weighted by Crippen LogP contribution is 2.29. The molecule has 1 heterocycles. The topological polar surface area (TPSA) is 47.3 Å². The fourth-order valence-corrected chi connectivity index (χ4v) is 2.53. The fourth-order valence-electron chi connectivity index (χ4n) is 2.53. The summed E-state index contributed by atoms with van der Waals surface area (Å²) in [6.07, 6.45) is 1.17. The standard InChI is InChI=1S/C15H20N2O/c1-11-5-6-17(9-12(11)2)15-4-3-13(10-18)7-14(15)8-16/h3-4,7,11-12,18H,5-6,9-10H2,1-2H3. The van der Waals surface area contributed by atoms with Gasteiger partial charge in [-0.15, -0.1) is 0 Å². The van der Waals surface area contributed by atoms with Crippen molar-refractivity contribution in [3.63, 3.8) is 0 Å². The Kier molecular flexibility index (Phi) is 3.88. The second-order valence-corrected chi connectivity index (χ2v) is 5.31. The van der Waals surface area contributed by atoms with E-state index in [1.165, 1.54) is 6.42 Å². The predicted octanol–water partition coefficient (Wildman–Crippen LogP) is 2.53. The van der Waals surface area contributed by atoms with Gasteiger partial charge in [-0.3, -0.25) is 0 Å². The zero-order chi connectivity index (χ0) is 13.1. The summed E-state index contributed by atoms with van der Waals surface area (Å²) in [5, 5.41) is 18.3. The lowest BCUT2D eigenvalue weighted by Gasteiger charge is -2.37. The highest BCUT2D eigenvalue weighted by molar-refractivity contribution is 5.60. The monoisotopic (exact) mass is 244 g/mol. The van der Waals surface area contributed by atoms with Crippen molar-refractivity contribution in [2.24, 2.45) is 11.8 Å². The van der Waals surface area contributed by atoms with Crippen molar-refractivity contribution in [2.45, 2.75) is 26.9 Å². The first-order valence-electron chi connectivity index (χ1n) is 6.54. The summed E-state index contributed by atoms with van der Waals surface area (Å²) >= 11 is 0. The van der Waals surface area contributed by atoms with E-state index in [0.29, 0.717) is 11.5 Å². The molecule has 0 radical (unpaired) electrons. The molecule has 0 amide bonds. The molecule has 0 bridgehead atoms. The zero-order valence-electron chi connectivity index (χ0n) is 11.1. The number of piperidine rings is 1. The molecule has 0 spiro atoms. The number of anilines is 1. The molecule has 1 aliphatic rings. The number of aliphatic hydroxyl groups is 1. The minimum absolute atomic E-state index is 0.0115. The quantitative estimate of drug-likeness (QED) is 0.869. The third-order valence-corrected chi connectivity index (χ3v) is 4.04. The lowest BCUT2D eigenvalue weighted by atomic mass is 9.88. The van der Waals surface area contributed by atoms with Crippen LogP contribution in [0.15, 0.2) is 18.2 Å². The lowest BCUT2D eigenvalue weighted by molar-refractivity contribution is 0.282. The van der Waals surface area contributed by atoms with Crippen LogP contribution in [0.3, 0.4) is 0 Å². The van der Waals surface area contributed by atoms with E-state index in [9.17, 15) is 5.26 Å². The molecule has 18 heavy (non-hydrogen) atoms. The van der Waals surface area contributed by atoms with E-state index < -0.39 is 0 Å². The Morgan fingerprint density at radius 2 is 2.17 bits per heavy atom. The van der Waals surface area contributed by atoms with Crippen LogP contribution >= 0.6 is 0 Å². The molecule has 0 aromatic heterocycles. The summed E-state index contributed by atoms with van der Waals surface area (Å²) in [6, 6.07) is 7.90. The number of nitriles is 1. The molecule has 1 aromatic carbocycles. The van der Waals surface area contributed by atoms with E-state index in [1.807, 2.05) is 12.1 Å². The molecular formula is C15H20N2O. The second-order valence-electron chi connectivity index (χ2n) is 5.31. The van der Waals surface area contributed by atoms with Crippen molar-refractivity contribution in [2.75, 3.05) is 18.0 Å². The van der Waals surface area contributed by atoms with Gasteiger partial charge in [0.05, 0.1) is 17.9 Å². The number of rotatable bonds is 2. The molecule has 1 fully saturated rings. The number of hydrogen-bond acceptors (Lipinski definition) is 3. The maximum atomic E-state index is 9.23. The Bertz CT molecular complexity index is 464. The highest BCUT2D eigenvalue weighted by atomic mass is 16.3. The van der Waals surface area contributed by atoms with Crippen LogP contribution in [0.4, 0.5) is 5.69 Å². The van der Waals surface area contributed by atoms with E-state index in [4.69, 9.17) is 5.11 Å². The second kappa shape index (κ2) is 5.41. The Morgan fingerprint density at radius 3 is 2.78 bits per heavy atom. The number of benzene rings is 1. The molecule has 2 atom stereocenters. The van der Waals surface area contributed by atoms with E-state index >= 15 is 0 Å². The third kappa shape index (κ3) is 2.49. The van der Waals surface area contributed by atoms with Gasteiger partial charge in [0.15, 0.2) is 0 Å². The fraction of sp³-hybridized carbons (Fsp3) is 0.533. The molecule has 0 aliphatic carbocycles. The van der Waals surface area contributed by atoms with Crippen LogP contribution in [-0.4, -0.2) is 18.2 Å². The van der Waals surface area contributed by atoms with Crippen LogP contribution in [0.1, 0.15) is 31.4 Å². The van der Waals surface area contributed by atoms with Crippen molar-refractivity contribution in [1.82, 2.24) is 0 Å². The van der Waals surface area contributed by atoms with Gasteiger partial charge in [0, 0.05) is 13.1 Å². The molecule has 96 valence electrons. The van der Waals surface area contributed by atoms with Crippen LogP contribution in [0.2, 0.25) is 0 Å². The molecule has 0 saturated carbocycles. The van der Waals surface area contributed by atoms with Gasteiger partial charge in [-0.2, -0.15) is 5.26 Å². The minimum Gasteiger partial charge on any atom is -0.392 e. The molecule has 1 N–H and O–H groups in total. The summed E-state index contributed by atoms with van der Waals surface area (Å²) in [6.45, 7) is 6.57. The van der Waals surface area contributed by atoms with Crippen molar-refractivity contribution >= 4 is 5.69 Å². The Balaban J connectivity index is 2.26. The van der Waals surface area contributed by atoms with Gasteiger partial charge in [0.2, 0.25) is 0 Å². The number of aliphatic hydroxyl groups excluding tert-OH is 1. The molecule has 3 heteroatoms. The van der Waals surface area contributed by atoms with Crippen molar-refractivity contribution in [3.8, 4) is 6.07 Å². The molecule has 2 rings (SSSR count). The van der Waals surface area contributed by atoms with Gasteiger partial charge in [0.1, 0.15) is 6.07 Å². The SMILES string of the molecule is CC1CCN(c2ccc(CO)cc2C#N)CC1C. The van der Waals surface area contributed by atoms with Crippen LogP contribution in [0.5, 0.6) is 0 Å². The highest BCUT2D eigenvalue weighted by Gasteiger charge is 2.24. The van der Waals surface area contributed by atoms with E-state index in [-0.39, 0.29) is 6.61 Å². The van der Waals surface area contributed by atoms with Gasteiger partial charge in [0.25, 0.3) is 0 Å². The average molecular weight is 244 g/mol. The predicted molar refractivity (Wildman–Crippen MR) is 72.2 cm³/mol. The van der Waals surface area contributed by atoms with Crippen LogP contribution in [-0.2, 0) is 6.61 Å². The summed E-state index contributed by atoms with van der Waals surface area (Å²) in [5.41, 5.74) is 2.48. The molecular weight excluding hydrogens is 224 g/mol. The zero-order valence-corrected chi connectivity index (χ0v) is 11.1. The van der Waals surface area contributed by atoms with Crippen molar-refractivity contribution < 1.29 is 5.11 Å². The molecule has 1 aromatic rings. The lowest BCUT2D eigenvalue weighted by Crippen LogP contribution is -2.38.